The molecule has 5 nitrogen and oxygen atoms in total. The lowest BCUT2D eigenvalue weighted by Crippen LogP contribution is -2.14. The van der Waals surface area contributed by atoms with Gasteiger partial charge in [-0.3, -0.25) is 4.79 Å². The van der Waals surface area contributed by atoms with Crippen molar-refractivity contribution in [3.8, 4) is 0 Å². The Balaban J connectivity index is 2.26. The second-order valence-corrected chi connectivity index (χ2v) is 4.58. The summed E-state index contributed by atoms with van der Waals surface area (Å²) in [6.07, 6.45) is 1.26. The van der Waals surface area contributed by atoms with Gasteiger partial charge in [-0.05, 0) is 40.2 Å². The summed E-state index contributed by atoms with van der Waals surface area (Å²) in [5, 5.41) is 11.3. The predicted molar refractivity (Wildman–Crippen MR) is 73.2 cm³/mol. The number of nitrogens with one attached hydrogen (secondary N) is 1. The molecule has 2 N–H and O–H groups in total. The average Bonchev–Trinajstić information content (AvgIpc) is 2.42. The van der Waals surface area contributed by atoms with Crippen molar-refractivity contribution in [2.75, 3.05) is 5.32 Å². The molecule has 0 aliphatic rings. The molecule has 0 aliphatic carbocycles. The number of pyridine rings is 1. The second-order valence-electron chi connectivity index (χ2n) is 3.79. The zero-order valence-electron chi connectivity index (χ0n) is 9.93. The molecule has 7 heteroatoms. The Hall–Kier alpha value is -2.28. The molecule has 2 aromatic rings. The standard InChI is InChI=1S/C13H8BrFN2O3/c14-11-8(2-1-3-9(11)15)12(18)17-10-6-7(13(19)20)4-5-16-10/h1-6H,(H,19,20)(H,16,17,18). The van der Waals surface area contributed by atoms with E-state index >= 15 is 0 Å². The van der Waals surface area contributed by atoms with E-state index in [9.17, 15) is 14.0 Å². The number of amides is 1. The maximum atomic E-state index is 13.3. The number of hydrogen-bond donors (Lipinski definition) is 2. The number of rotatable bonds is 3. The van der Waals surface area contributed by atoms with Gasteiger partial charge in [-0.2, -0.15) is 0 Å². The van der Waals surface area contributed by atoms with E-state index in [1.807, 2.05) is 0 Å². The Labute approximate surface area is 121 Å². The number of carbonyl (C=O) groups excluding carboxylic acids is 1. The van der Waals surface area contributed by atoms with Crippen LogP contribution in [0.2, 0.25) is 0 Å². The summed E-state index contributed by atoms with van der Waals surface area (Å²) in [5.41, 5.74) is 0.0844. The highest BCUT2D eigenvalue weighted by atomic mass is 79.9. The van der Waals surface area contributed by atoms with Crippen molar-refractivity contribution in [1.82, 2.24) is 4.98 Å². The lowest BCUT2D eigenvalue weighted by molar-refractivity contribution is 0.0696. The smallest absolute Gasteiger partial charge is 0.335 e. The Morgan fingerprint density at radius 3 is 2.75 bits per heavy atom. The van der Waals surface area contributed by atoms with E-state index in [0.29, 0.717) is 0 Å². The summed E-state index contributed by atoms with van der Waals surface area (Å²) in [6, 6.07) is 6.56. The van der Waals surface area contributed by atoms with Gasteiger partial charge < -0.3 is 10.4 Å². The number of carboxylic acids is 1. The average molecular weight is 339 g/mol. The first-order valence-electron chi connectivity index (χ1n) is 5.44. The van der Waals surface area contributed by atoms with Crippen molar-refractivity contribution in [2.45, 2.75) is 0 Å². The van der Waals surface area contributed by atoms with Crippen LogP contribution in [0.15, 0.2) is 41.0 Å². The van der Waals surface area contributed by atoms with Crippen LogP contribution in [0.4, 0.5) is 10.2 Å². The summed E-state index contributed by atoms with van der Waals surface area (Å²) in [7, 11) is 0. The molecule has 0 aliphatic heterocycles. The number of hydrogen-bond acceptors (Lipinski definition) is 3. The fraction of sp³-hybridized carbons (Fsp3) is 0. The molecule has 2 rings (SSSR count). The third-order valence-electron chi connectivity index (χ3n) is 2.44. The lowest BCUT2D eigenvalue weighted by atomic mass is 10.2. The zero-order valence-corrected chi connectivity index (χ0v) is 11.5. The summed E-state index contributed by atoms with van der Waals surface area (Å²) >= 11 is 2.98. The van der Waals surface area contributed by atoms with Gasteiger partial charge in [-0.1, -0.05) is 6.07 Å². The SMILES string of the molecule is O=C(O)c1ccnc(NC(=O)c2cccc(F)c2Br)c1. The highest BCUT2D eigenvalue weighted by Crippen LogP contribution is 2.21. The normalized spacial score (nSPS) is 10.1. The number of aromatic nitrogens is 1. The van der Waals surface area contributed by atoms with Crippen LogP contribution < -0.4 is 5.32 Å². The van der Waals surface area contributed by atoms with Gasteiger partial charge in [-0.15, -0.1) is 0 Å². The Morgan fingerprint density at radius 2 is 2.05 bits per heavy atom. The van der Waals surface area contributed by atoms with Gasteiger partial charge in [-0.25, -0.2) is 14.2 Å². The highest BCUT2D eigenvalue weighted by Gasteiger charge is 2.14. The number of anilines is 1. The largest absolute Gasteiger partial charge is 0.478 e. The van der Waals surface area contributed by atoms with Gasteiger partial charge in [0.25, 0.3) is 5.91 Å². The van der Waals surface area contributed by atoms with E-state index < -0.39 is 17.7 Å². The number of nitrogens with zero attached hydrogens (tertiary/aromatic N) is 1. The zero-order chi connectivity index (χ0) is 14.7. The number of carbonyl (C=O) groups is 2. The van der Waals surface area contributed by atoms with Crippen molar-refractivity contribution in [2.24, 2.45) is 0 Å². The lowest BCUT2D eigenvalue weighted by Gasteiger charge is -2.07. The molecule has 0 unspecified atom stereocenters. The summed E-state index contributed by atoms with van der Waals surface area (Å²) in [5.74, 6) is -2.21. The first-order chi connectivity index (χ1) is 9.49. The van der Waals surface area contributed by atoms with Crippen LogP contribution in [-0.2, 0) is 0 Å². The fourth-order valence-electron chi connectivity index (χ4n) is 1.49. The summed E-state index contributed by atoms with van der Waals surface area (Å²) in [4.78, 5) is 26.6. The molecule has 0 radical (unpaired) electrons. The minimum Gasteiger partial charge on any atom is -0.478 e. The van der Waals surface area contributed by atoms with E-state index in [0.717, 1.165) is 0 Å². The van der Waals surface area contributed by atoms with E-state index in [-0.39, 0.29) is 21.4 Å². The monoisotopic (exact) mass is 338 g/mol. The molecule has 0 bridgehead atoms. The van der Waals surface area contributed by atoms with Crippen LogP contribution in [0, 0.1) is 5.82 Å². The molecule has 0 saturated heterocycles. The Kier molecular flexibility index (Phi) is 4.09. The third kappa shape index (κ3) is 3.00. The van der Waals surface area contributed by atoms with Crippen molar-refractivity contribution in [3.05, 3.63) is 57.9 Å². The molecular weight excluding hydrogens is 331 g/mol. The molecule has 0 fully saturated rings. The van der Waals surface area contributed by atoms with E-state index in [1.165, 1.54) is 36.5 Å². The van der Waals surface area contributed by atoms with Crippen LogP contribution in [0.1, 0.15) is 20.7 Å². The van der Waals surface area contributed by atoms with Crippen LogP contribution in [-0.4, -0.2) is 22.0 Å². The Morgan fingerprint density at radius 1 is 1.30 bits per heavy atom. The third-order valence-corrected chi connectivity index (χ3v) is 3.25. The maximum absolute atomic E-state index is 13.3. The number of carboxylic acid groups (broad SMARTS) is 1. The minimum absolute atomic E-state index is 0.00592. The quantitative estimate of drug-likeness (QED) is 0.901. The second kappa shape index (κ2) is 5.79. The number of aromatic carboxylic acids is 1. The summed E-state index contributed by atoms with van der Waals surface area (Å²) in [6.45, 7) is 0. The van der Waals surface area contributed by atoms with E-state index in [2.05, 4.69) is 26.2 Å². The first kappa shape index (κ1) is 14.1. The van der Waals surface area contributed by atoms with Crippen molar-refractivity contribution >= 4 is 33.6 Å². The van der Waals surface area contributed by atoms with Crippen molar-refractivity contribution in [3.63, 3.8) is 0 Å². The highest BCUT2D eigenvalue weighted by molar-refractivity contribution is 9.10. The molecule has 0 saturated carbocycles. The minimum atomic E-state index is -1.13. The number of halogens is 2. The fourth-order valence-corrected chi connectivity index (χ4v) is 1.94. The van der Waals surface area contributed by atoms with Crippen molar-refractivity contribution < 1.29 is 19.1 Å². The maximum Gasteiger partial charge on any atom is 0.335 e. The molecule has 1 aromatic heterocycles. The predicted octanol–water partition coefficient (Wildman–Crippen LogP) is 2.93. The van der Waals surface area contributed by atoms with Gasteiger partial charge in [0.1, 0.15) is 11.6 Å². The van der Waals surface area contributed by atoms with Gasteiger partial charge in [0.15, 0.2) is 0 Å². The van der Waals surface area contributed by atoms with Gasteiger partial charge >= 0.3 is 5.97 Å². The van der Waals surface area contributed by atoms with Crippen molar-refractivity contribution in [1.29, 1.82) is 0 Å². The van der Waals surface area contributed by atoms with E-state index in [4.69, 9.17) is 5.11 Å². The van der Waals surface area contributed by atoms with Gasteiger partial charge in [0, 0.05) is 6.20 Å². The number of benzene rings is 1. The molecular formula is C13H8BrFN2O3. The van der Waals surface area contributed by atoms with E-state index in [1.54, 1.807) is 0 Å². The molecule has 1 amide bonds. The molecule has 102 valence electrons. The van der Waals surface area contributed by atoms with Gasteiger partial charge in [0.05, 0.1) is 15.6 Å². The van der Waals surface area contributed by atoms with Crippen LogP contribution >= 0.6 is 15.9 Å². The molecule has 20 heavy (non-hydrogen) atoms. The first-order valence-corrected chi connectivity index (χ1v) is 6.23. The Bertz CT molecular complexity index is 691. The molecule has 0 spiro atoms. The molecule has 0 atom stereocenters. The molecule has 1 heterocycles. The van der Waals surface area contributed by atoms with Crippen LogP contribution in [0.3, 0.4) is 0 Å². The van der Waals surface area contributed by atoms with Gasteiger partial charge in [0.2, 0.25) is 0 Å². The topological polar surface area (TPSA) is 79.3 Å². The van der Waals surface area contributed by atoms with Crippen LogP contribution in [0.5, 0.6) is 0 Å². The summed E-state index contributed by atoms with van der Waals surface area (Å²) < 4.78 is 13.4. The molecule has 1 aromatic carbocycles. The van der Waals surface area contributed by atoms with Crippen LogP contribution in [0.25, 0.3) is 0 Å².